The molecular formula is C17H21NO2S. The summed E-state index contributed by atoms with van der Waals surface area (Å²) in [5.41, 5.74) is 1.94. The van der Waals surface area contributed by atoms with Crippen molar-refractivity contribution in [3.05, 3.63) is 65.7 Å². The molecule has 0 saturated heterocycles. The lowest BCUT2D eigenvalue weighted by molar-refractivity contribution is 0.430. The molecule has 2 aromatic rings. The van der Waals surface area contributed by atoms with E-state index in [0.717, 1.165) is 17.5 Å². The van der Waals surface area contributed by atoms with Gasteiger partial charge < -0.3 is 0 Å². The molecule has 0 saturated carbocycles. The van der Waals surface area contributed by atoms with Crippen molar-refractivity contribution in [2.75, 3.05) is 13.1 Å². The molecular weight excluding hydrogens is 282 g/mol. The summed E-state index contributed by atoms with van der Waals surface area (Å²) in [6, 6.07) is 17.1. The number of likely N-dealkylation sites (N-methyl/N-ethyl adjacent to an activating group) is 1. The second kappa shape index (κ2) is 6.87. The third-order valence-corrected chi connectivity index (χ3v) is 5.69. The van der Waals surface area contributed by atoms with Crippen LogP contribution in [0.4, 0.5) is 0 Å². The minimum atomic E-state index is -3.42. The van der Waals surface area contributed by atoms with Crippen LogP contribution >= 0.6 is 0 Å². The standard InChI is InChI=1S/C17H21NO2S/c1-3-18(14-13-16-10-5-4-6-11-16)21(19,20)17-12-8-7-9-15(17)2/h4-12H,3,13-14H2,1-2H3. The quantitative estimate of drug-likeness (QED) is 0.821. The van der Waals surface area contributed by atoms with Gasteiger partial charge in [0.05, 0.1) is 4.90 Å². The van der Waals surface area contributed by atoms with Crippen LogP contribution in [0.5, 0.6) is 0 Å². The molecule has 3 nitrogen and oxygen atoms in total. The van der Waals surface area contributed by atoms with Crippen molar-refractivity contribution in [3.63, 3.8) is 0 Å². The molecule has 4 heteroatoms. The Bertz CT molecular complexity index is 681. The molecule has 0 aromatic heterocycles. The molecule has 2 rings (SSSR count). The Morgan fingerprint density at radius 3 is 2.19 bits per heavy atom. The molecule has 0 aliphatic heterocycles. The molecule has 0 fully saturated rings. The first-order chi connectivity index (χ1) is 10.1. The molecule has 0 unspecified atom stereocenters. The molecule has 112 valence electrons. The lowest BCUT2D eigenvalue weighted by Crippen LogP contribution is -2.33. The SMILES string of the molecule is CCN(CCc1ccccc1)S(=O)(=O)c1ccccc1C. The molecule has 0 N–H and O–H groups in total. The second-order valence-corrected chi connectivity index (χ2v) is 6.90. The average Bonchev–Trinajstić information content (AvgIpc) is 2.49. The van der Waals surface area contributed by atoms with Crippen LogP contribution in [-0.4, -0.2) is 25.8 Å². The van der Waals surface area contributed by atoms with Gasteiger partial charge >= 0.3 is 0 Å². The Labute approximate surface area is 127 Å². The van der Waals surface area contributed by atoms with E-state index in [-0.39, 0.29) is 0 Å². The number of hydrogen-bond donors (Lipinski definition) is 0. The zero-order valence-corrected chi connectivity index (χ0v) is 13.3. The molecule has 0 heterocycles. The first kappa shape index (κ1) is 15.7. The summed E-state index contributed by atoms with van der Waals surface area (Å²) in [6.45, 7) is 4.68. The third-order valence-electron chi connectivity index (χ3n) is 3.56. The molecule has 0 radical (unpaired) electrons. The summed E-state index contributed by atoms with van der Waals surface area (Å²) in [4.78, 5) is 0.403. The first-order valence-electron chi connectivity index (χ1n) is 7.15. The Hall–Kier alpha value is -1.65. The van der Waals surface area contributed by atoms with Gasteiger partial charge in [0, 0.05) is 13.1 Å². The second-order valence-electron chi connectivity index (χ2n) is 5.00. The van der Waals surface area contributed by atoms with Crippen LogP contribution in [0.3, 0.4) is 0 Å². The van der Waals surface area contributed by atoms with E-state index in [1.54, 1.807) is 16.4 Å². The highest BCUT2D eigenvalue weighted by Gasteiger charge is 2.24. The number of aryl methyl sites for hydroxylation is 1. The molecule has 21 heavy (non-hydrogen) atoms. The van der Waals surface area contributed by atoms with Gasteiger partial charge in [-0.05, 0) is 30.5 Å². The zero-order valence-electron chi connectivity index (χ0n) is 12.5. The van der Waals surface area contributed by atoms with Crippen molar-refractivity contribution in [3.8, 4) is 0 Å². The van der Waals surface area contributed by atoms with Crippen LogP contribution in [0.25, 0.3) is 0 Å². The maximum atomic E-state index is 12.7. The van der Waals surface area contributed by atoms with Gasteiger partial charge in [-0.1, -0.05) is 55.5 Å². The van der Waals surface area contributed by atoms with Crippen molar-refractivity contribution in [1.29, 1.82) is 0 Å². The van der Waals surface area contributed by atoms with E-state index in [1.165, 1.54) is 0 Å². The van der Waals surface area contributed by atoms with Gasteiger partial charge in [-0.25, -0.2) is 8.42 Å². The number of hydrogen-bond acceptors (Lipinski definition) is 2. The number of rotatable bonds is 6. The Morgan fingerprint density at radius 2 is 1.57 bits per heavy atom. The van der Waals surface area contributed by atoms with Crippen molar-refractivity contribution in [2.45, 2.75) is 25.2 Å². The van der Waals surface area contributed by atoms with E-state index in [9.17, 15) is 8.42 Å². The monoisotopic (exact) mass is 303 g/mol. The normalized spacial score (nSPS) is 11.8. The summed E-state index contributed by atoms with van der Waals surface area (Å²) in [6.07, 6.45) is 0.722. The van der Waals surface area contributed by atoms with Gasteiger partial charge in [0.15, 0.2) is 0 Å². The summed E-state index contributed by atoms with van der Waals surface area (Å²) >= 11 is 0. The predicted molar refractivity (Wildman–Crippen MR) is 85.8 cm³/mol. The number of benzene rings is 2. The van der Waals surface area contributed by atoms with Crippen molar-refractivity contribution in [1.82, 2.24) is 4.31 Å². The van der Waals surface area contributed by atoms with Gasteiger partial charge in [0.25, 0.3) is 0 Å². The molecule has 0 aliphatic carbocycles. The fourth-order valence-corrected chi connectivity index (χ4v) is 4.01. The zero-order chi connectivity index (χ0) is 15.3. The minimum absolute atomic E-state index is 0.403. The average molecular weight is 303 g/mol. The lowest BCUT2D eigenvalue weighted by Gasteiger charge is -2.21. The molecule has 0 aliphatic rings. The van der Waals surface area contributed by atoms with Crippen LogP contribution in [-0.2, 0) is 16.4 Å². The molecule has 0 amide bonds. The van der Waals surface area contributed by atoms with Gasteiger partial charge in [-0.15, -0.1) is 0 Å². The lowest BCUT2D eigenvalue weighted by atomic mass is 10.1. The van der Waals surface area contributed by atoms with Crippen LogP contribution in [0.1, 0.15) is 18.1 Å². The Morgan fingerprint density at radius 1 is 0.952 bits per heavy atom. The Kier molecular flexibility index (Phi) is 5.15. The van der Waals surface area contributed by atoms with Gasteiger partial charge in [-0.2, -0.15) is 4.31 Å². The van der Waals surface area contributed by atoms with Crippen molar-refractivity contribution >= 4 is 10.0 Å². The van der Waals surface area contributed by atoms with Crippen molar-refractivity contribution < 1.29 is 8.42 Å². The minimum Gasteiger partial charge on any atom is -0.207 e. The number of sulfonamides is 1. The van der Waals surface area contributed by atoms with Gasteiger partial charge in [0.1, 0.15) is 0 Å². The van der Waals surface area contributed by atoms with E-state index >= 15 is 0 Å². The summed E-state index contributed by atoms with van der Waals surface area (Å²) < 4.78 is 27.0. The molecule has 0 atom stereocenters. The van der Waals surface area contributed by atoms with E-state index in [2.05, 4.69) is 0 Å². The van der Waals surface area contributed by atoms with Crippen LogP contribution in [0, 0.1) is 6.92 Å². The highest BCUT2D eigenvalue weighted by Crippen LogP contribution is 2.19. The smallest absolute Gasteiger partial charge is 0.207 e. The number of nitrogens with zero attached hydrogens (tertiary/aromatic N) is 1. The van der Waals surface area contributed by atoms with Gasteiger partial charge in [0.2, 0.25) is 10.0 Å². The topological polar surface area (TPSA) is 37.4 Å². The molecule has 2 aromatic carbocycles. The maximum Gasteiger partial charge on any atom is 0.243 e. The third kappa shape index (κ3) is 3.71. The van der Waals surface area contributed by atoms with Gasteiger partial charge in [-0.3, -0.25) is 0 Å². The maximum absolute atomic E-state index is 12.7. The van der Waals surface area contributed by atoms with Crippen LogP contribution in [0.2, 0.25) is 0 Å². The van der Waals surface area contributed by atoms with E-state index in [1.807, 2.05) is 56.3 Å². The fourth-order valence-electron chi connectivity index (χ4n) is 2.33. The van der Waals surface area contributed by atoms with E-state index < -0.39 is 10.0 Å². The van der Waals surface area contributed by atoms with Crippen molar-refractivity contribution in [2.24, 2.45) is 0 Å². The highest BCUT2D eigenvalue weighted by atomic mass is 32.2. The predicted octanol–water partition coefficient (Wildman–Crippen LogP) is 3.25. The first-order valence-corrected chi connectivity index (χ1v) is 8.59. The highest BCUT2D eigenvalue weighted by molar-refractivity contribution is 7.89. The fraction of sp³-hybridized carbons (Fsp3) is 0.294. The summed E-state index contributed by atoms with van der Waals surface area (Å²) in [5.74, 6) is 0. The van der Waals surface area contributed by atoms with E-state index in [4.69, 9.17) is 0 Å². The molecule has 0 bridgehead atoms. The largest absolute Gasteiger partial charge is 0.243 e. The summed E-state index contributed by atoms with van der Waals surface area (Å²) in [5, 5.41) is 0. The van der Waals surface area contributed by atoms with Crippen LogP contribution in [0.15, 0.2) is 59.5 Å². The van der Waals surface area contributed by atoms with Crippen LogP contribution < -0.4 is 0 Å². The molecule has 0 spiro atoms. The summed E-state index contributed by atoms with van der Waals surface area (Å²) in [7, 11) is -3.42. The van der Waals surface area contributed by atoms with E-state index in [0.29, 0.717) is 18.0 Å². The Balaban J connectivity index is 2.19.